The first-order valence-corrected chi connectivity index (χ1v) is 11.2. The molecule has 0 saturated carbocycles. The van der Waals surface area contributed by atoms with Crippen molar-refractivity contribution in [2.45, 2.75) is 5.67 Å². The summed E-state index contributed by atoms with van der Waals surface area (Å²) in [6.07, 6.45) is 3.03. The van der Waals surface area contributed by atoms with E-state index in [-0.39, 0.29) is 11.3 Å². The Hall–Kier alpha value is -3.48. The minimum Gasteiger partial charge on any atom is -0.334 e. The van der Waals surface area contributed by atoms with Crippen molar-refractivity contribution in [2.24, 2.45) is 14.1 Å². The van der Waals surface area contributed by atoms with E-state index in [0.29, 0.717) is 37.9 Å². The summed E-state index contributed by atoms with van der Waals surface area (Å²) >= 11 is 12.3. The van der Waals surface area contributed by atoms with Crippen molar-refractivity contribution in [2.75, 3.05) is 0 Å². The zero-order valence-electron chi connectivity index (χ0n) is 18.3. The van der Waals surface area contributed by atoms with Crippen molar-refractivity contribution in [3.05, 3.63) is 117 Å². The van der Waals surface area contributed by atoms with Crippen LogP contribution >= 0.6 is 23.2 Å². The van der Waals surface area contributed by atoms with Gasteiger partial charge in [-0.15, -0.1) is 0 Å². The molecule has 5 nitrogen and oxygen atoms in total. The van der Waals surface area contributed by atoms with E-state index >= 15 is 4.39 Å². The van der Waals surface area contributed by atoms with Crippen LogP contribution in [0.5, 0.6) is 0 Å². The molecule has 1 unspecified atom stereocenters. The van der Waals surface area contributed by atoms with Gasteiger partial charge in [0, 0.05) is 41.3 Å². The van der Waals surface area contributed by atoms with Crippen molar-refractivity contribution in [3.8, 4) is 11.1 Å². The molecule has 8 heteroatoms. The highest BCUT2D eigenvalue weighted by Gasteiger charge is 2.41. The molecule has 5 aromatic rings. The maximum Gasteiger partial charge on any atom is 0.251 e. The fourth-order valence-electron chi connectivity index (χ4n) is 4.19. The molecule has 5 rings (SSSR count). The predicted molar refractivity (Wildman–Crippen MR) is 133 cm³/mol. The summed E-state index contributed by atoms with van der Waals surface area (Å²) in [4.78, 5) is 21.6. The van der Waals surface area contributed by atoms with E-state index in [1.807, 2.05) is 6.07 Å². The molecule has 3 heterocycles. The molecule has 0 bridgehead atoms. The number of hydrogen-bond acceptors (Lipinski definition) is 3. The Labute approximate surface area is 205 Å². The summed E-state index contributed by atoms with van der Waals surface area (Å²) < 4.78 is 20.4. The largest absolute Gasteiger partial charge is 0.334 e. The average Bonchev–Trinajstić information content (AvgIpc) is 3.27. The lowest BCUT2D eigenvalue weighted by molar-refractivity contribution is 0.260. The van der Waals surface area contributed by atoms with E-state index in [1.165, 1.54) is 16.8 Å². The van der Waals surface area contributed by atoms with E-state index in [0.717, 1.165) is 5.56 Å². The standard InChI is InChI=1S/C26H19Cl2FN4O/c1-32-15-30-14-23(32)26(29,17-6-8-18(27)9-7-17)22-11-10-21-25(31-22)20(13-24(34)33(21)2)16-4-3-5-19(28)12-16/h3-15H,1-2H3. The molecule has 2 aromatic carbocycles. The summed E-state index contributed by atoms with van der Waals surface area (Å²) in [5.74, 6) is 0. The second-order valence-electron chi connectivity index (χ2n) is 8.08. The Morgan fingerprint density at radius 3 is 2.38 bits per heavy atom. The van der Waals surface area contributed by atoms with Crippen molar-refractivity contribution < 1.29 is 4.39 Å². The van der Waals surface area contributed by atoms with Gasteiger partial charge in [0.2, 0.25) is 5.67 Å². The highest BCUT2D eigenvalue weighted by Crippen LogP contribution is 2.41. The first-order chi connectivity index (χ1) is 16.3. The number of aryl methyl sites for hydroxylation is 2. The first kappa shape index (κ1) is 22.3. The minimum absolute atomic E-state index is 0.160. The predicted octanol–water partition coefficient (Wildman–Crippen LogP) is 5.90. The molecule has 0 aliphatic carbocycles. The molecule has 170 valence electrons. The van der Waals surface area contributed by atoms with Crippen LogP contribution in [0.25, 0.3) is 22.2 Å². The van der Waals surface area contributed by atoms with Crippen molar-refractivity contribution in [1.82, 2.24) is 19.1 Å². The van der Waals surface area contributed by atoms with Gasteiger partial charge in [0.15, 0.2) is 0 Å². The Bertz CT molecular complexity index is 1590. The van der Waals surface area contributed by atoms with Gasteiger partial charge in [0.1, 0.15) is 0 Å². The molecule has 3 aromatic heterocycles. The van der Waals surface area contributed by atoms with Crippen molar-refractivity contribution >= 4 is 34.2 Å². The third-order valence-electron chi connectivity index (χ3n) is 5.99. The smallest absolute Gasteiger partial charge is 0.251 e. The lowest BCUT2D eigenvalue weighted by Gasteiger charge is -2.26. The number of rotatable bonds is 4. The van der Waals surface area contributed by atoms with E-state index in [1.54, 1.807) is 79.6 Å². The molecule has 0 aliphatic heterocycles. The third kappa shape index (κ3) is 3.59. The van der Waals surface area contributed by atoms with E-state index < -0.39 is 5.67 Å². The topological polar surface area (TPSA) is 52.7 Å². The number of fused-ring (bicyclic) bond motifs is 1. The monoisotopic (exact) mass is 492 g/mol. The first-order valence-electron chi connectivity index (χ1n) is 10.5. The number of alkyl halides is 1. The van der Waals surface area contributed by atoms with Crippen molar-refractivity contribution in [1.29, 1.82) is 0 Å². The van der Waals surface area contributed by atoms with Crippen LogP contribution < -0.4 is 5.56 Å². The quantitative estimate of drug-likeness (QED) is 0.313. The number of pyridine rings is 2. The molecule has 0 spiro atoms. The van der Waals surface area contributed by atoms with Crippen LogP contribution in [0.15, 0.2) is 84.0 Å². The fourth-order valence-corrected chi connectivity index (χ4v) is 4.51. The normalized spacial score (nSPS) is 13.2. The van der Waals surface area contributed by atoms with Gasteiger partial charge in [-0.3, -0.25) is 4.79 Å². The highest BCUT2D eigenvalue weighted by molar-refractivity contribution is 6.31. The van der Waals surface area contributed by atoms with Crippen LogP contribution in [0.2, 0.25) is 10.0 Å². The number of halogens is 3. The van der Waals surface area contributed by atoms with Gasteiger partial charge in [-0.25, -0.2) is 14.4 Å². The zero-order valence-corrected chi connectivity index (χ0v) is 19.8. The number of nitrogens with zero attached hydrogens (tertiary/aromatic N) is 4. The summed E-state index contributed by atoms with van der Waals surface area (Å²) in [6.45, 7) is 0. The second kappa shape index (κ2) is 8.38. The van der Waals surface area contributed by atoms with Crippen LogP contribution in [-0.4, -0.2) is 19.1 Å². The van der Waals surface area contributed by atoms with Gasteiger partial charge in [0.05, 0.1) is 34.9 Å². The molecular formula is C26H19Cl2FN4O. The van der Waals surface area contributed by atoms with E-state index in [9.17, 15) is 4.79 Å². The molecule has 0 amide bonds. The van der Waals surface area contributed by atoms with Crippen LogP contribution in [0, 0.1) is 0 Å². The molecule has 0 N–H and O–H groups in total. The SMILES string of the molecule is Cn1cncc1C(F)(c1ccc(Cl)cc1)c1ccc2c(n1)c(-c1cccc(Cl)c1)cc(=O)n2C. The number of hydrogen-bond donors (Lipinski definition) is 0. The number of aromatic nitrogens is 4. The number of benzene rings is 2. The van der Waals surface area contributed by atoms with E-state index in [4.69, 9.17) is 28.2 Å². The van der Waals surface area contributed by atoms with Crippen LogP contribution in [0.3, 0.4) is 0 Å². The Balaban J connectivity index is 1.84. The van der Waals surface area contributed by atoms with Crippen LogP contribution in [0.1, 0.15) is 17.0 Å². The van der Waals surface area contributed by atoms with Gasteiger partial charge in [0.25, 0.3) is 5.56 Å². The fraction of sp³-hybridized carbons (Fsp3) is 0.115. The maximum absolute atomic E-state index is 17.3. The molecular weight excluding hydrogens is 474 g/mol. The van der Waals surface area contributed by atoms with Gasteiger partial charge in [-0.05, 0) is 42.0 Å². The Morgan fingerprint density at radius 1 is 0.941 bits per heavy atom. The summed E-state index contributed by atoms with van der Waals surface area (Å²) in [5.41, 5.74) is 0.875. The second-order valence-corrected chi connectivity index (χ2v) is 8.96. The van der Waals surface area contributed by atoms with Crippen LogP contribution in [-0.2, 0) is 19.8 Å². The van der Waals surface area contributed by atoms with Gasteiger partial charge < -0.3 is 9.13 Å². The Morgan fingerprint density at radius 2 is 1.71 bits per heavy atom. The summed E-state index contributed by atoms with van der Waals surface area (Å²) in [5, 5.41) is 1.03. The average molecular weight is 493 g/mol. The molecule has 34 heavy (non-hydrogen) atoms. The molecule has 0 aliphatic rings. The van der Waals surface area contributed by atoms with Crippen LogP contribution in [0.4, 0.5) is 4.39 Å². The number of imidazole rings is 1. The van der Waals surface area contributed by atoms with Crippen molar-refractivity contribution in [3.63, 3.8) is 0 Å². The van der Waals surface area contributed by atoms with E-state index in [2.05, 4.69) is 4.98 Å². The third-order valence-corrected chi connectivity index (χ3v) is 6.48. The molecule has 0 saturated heterocycles. The Kier molecular flexibility index (Phi) is 5.50. The minimum atomic E-state index is -2.12. The lowest BCUT2D eigenvalue weighted by atomic mass is 9.88. The summed E-state index contributed by atoms with van der Waals surface area (Å²) in [7, 11) is 3.39. The molecule has 0 fully saturated rings. The molecule has 1 atom stereocenters. The zero-order chi connectivity index (χ0) is 24.0. The molecule has 0 radical (unpaired) electrons. The highest BCUT2D eigenvalue weighted by atomic mass is 35.5. The van der Waals surface area contributed by atoms with Gasteiger partial charge >= 0.3 is 0 Å². The van der Waals surface area contributed by atoms with Gasteiger partial charge in [-0.2, -0.15) is 0 Å². The summed E-state index contributed by atoms with van der Waals surface area (Å²) in [6, 6.07) is 18.5. The maximum atomic E-state index is 17.3. The lowest BCUT2D eigenvalue weighted by Crippen LogP contribution is -2.28. The van der Waals surface area contributed by atoms with Gasteiger partial charge in [-0.1, -0.05) is 47.5 Å².